The van der Waals surface area contributed by atoms with Crippen molar-refractivity contribution in [3.63, 3.8) is 0 Å². The third-order valence-corrected chi connectivity index (χ3v) is 3.81. The van der Waals surface area contributed by atoms with Crippen LogP contribution >= 0.6 is 0 Å². The van der Waals surface area contributed by atoms with Crippen molar-refractivity contribution >= 4 is 11.8 Å². The van der Waals surface area contributed by atoms with Gasteiger partial charge in [0, 0.05) is 13.1 Å². The van der Waals surface area contributed by atoms with Gasteiger partial charge in [-0.25, -0.2) is 9.78 Å². The number of carbonyl (C=O) groups is 1. The summed E-state index contributed by atoms with van der Waals surface area (Å²) in [5.41, 5.74) is -1.14. The number of pyridine rings is 1. The Labute approximate surface area is 120 Å². The molecule has 1 aromatic rings. The molecule has 0 aliphatic carbocycles. The fourth-order valence-corrected chi connectivity index (χ4v) is 2.34. The van der Waals surface area contributed by atoms with E-state index in [0.29, 0.717) is 19.2 Å². The number of aromatic nitrogens is 1. The van der Waals surface area contributed by atoms with E-state index in [9.17, 15) is 18.0 Å². The topological polar surface area (TPSA) is 53.4 Å². The molecule has 1 aliphatic rings. The normalized spacial score (nSPS) is 18.6. The zero-order valence-corrected chi connectivity index (χ0v) is 11.9. The molecule has 2 rings (SSSR count). The highest BCUT2D eigenvalue weighted by atomic mass is 19.4. The highest BCUT2D eigenvalue weighted by Gasteiger charge is 2.35. The maximum Gasteiger partial charge on any atom is 0.433 e. The summed E-state index contributed by atoms with van der Waals surface area (Å²) in [6.45, 7) is 5.17. The molecule has 21 heavy (non-hydrogen) atoms. The summed E-state index contributed by atoms with van der Waals surface area (Å²) >= 11 is 0. The summed E-state index contributed by atoms with van der Waals surface area (Å²) in [6.07, 6.45) is -3.02. The molecule has 4 nitrogen and oxygen atoms in total. The van der Waals surface area contributed by atoms with Crippen LogP contribution < -0.4 is 4.90 Å². The van der Waals surface area contributed by atoms with Gasteiger partial charge in [-0.1, -0.05) is 13.8 Å². The van der Waals surface area contributed by atoms with E-state index in [1.54, 1.807) is 4.90 Å². The number of rotatable bonds is 2. The van der Waals surface area contributed by atoms with Crippen LogP contribution in [0.3, 0.4) is 0 Å². The van der Waals surface area contributed by atoms with Crippen LogP contribution in [0.25, 0.3) is 0 Å². The first kappa shape index (κ1) is 15.6. The predicted molar refractivity (Wildman–Crippen MR) is 71.4 cm³/mol. The van der Waals surface area contributed by atoms with Crippen molar-refractivity contribution in [2.45, 2.75) is 32.9 Å². The SMILES string of the molecule is CC1(C)CCN(c2nc(C(F)(F)F)ccc2C(=O)O)CC1. The Morgan fingerprint density at radius 2 is 1.86 bits per heavy atom. The number of hydrogen-bond acceptors (Lipinski definition) is 3. The molecule has 1 aromatic heterocycles. The van der Waals surface area contributed by atoms with Crippen molar-refractivity contribution in [3.05, 3.63) is 23.4 Å². The lowest BCUT2D eigenvalue weighted by atomic mass is 9.82. The van der Waals surface area contributed by atoms with Crippen molar-refractivity contribution in [1.82, 2.24) is 4.98 Å². The fraction of sp³-hybridized carbons (Fsp3) is 0.571. The Kier molecular flexibility index (Phi) is 3.86. The van der Waals surface area contributed by atoms with Gasteiger partial charge in [-0.3, -0.25) is 0 Å². The minimum Gasteiger partial charge on any atom is -0.478 e. The molecule has 0 bridgehead atoms. The van der Waals surface area contributed by atoms with E-state index in [4.69, 9.17) is 5.11 Å². The van der Waals surface area contributed by atoms with Crippen LogP contribution in [0.1, 0.15) is 42.7 Å². The van der Waals surface area contributed by atoms with Gasteiger partial charge in [0.2, 0.25) is 0 Å². The number of carboxylic acids is 1. The van der Waals surface area contributed by atoms with Gasteiger partial charge in [-0.2, -0.15) is 13.2 Å². The second-order valence-corrected chi connectivity index (χ2v) is 6.02. The minimum atomic E-state index is -4.58. The molecule has 1 fully saturated rings. The first-order valence-corrected chi connectivity index (χ1v) is 6.67. The van der Waals surface area contributed by atoms with Crippen LogP contribution in [0, 0.1) is 5.41 Å². The average molecular weight is 302 g/mol. The quantitative estimate of drug-likeness (QED) is 0.909. The van der Waals surface area contributed by atoms with Gasteiger partial charge in [0.1, 0.15) is 17.1 Å². The van der Waals surface area contributed by atoms with Crippen molar-refractivity contribution in [2.24, 2.45) is 5.41 Å². The number of nitrogens with zero attached hydrogens (tertiary/aromatic N) is 2. The van der Waals surface area contributed by atoms with Gasteiger partial charge in [-0.15, -0.1) is 0 Å². The number of carboxylic acid groups (broad SMARTS) is 1. The number of alkyl halides is 3. The molecular formula is C14H17F3N2O2. The molecule has 1 aliphatic heterocycles. The number of piperidine rings is 1. The maximum atomic E-state index is 12.8. The zero-order valence-electron chi connectivity index (χ0n) is 11.9. The largest absolute Gasteiger partial charge is 0.478 e. The summed E-state index contributed by atoms with van der Waals surface area (Å²) in [5.74, 6) is -1.36. The lowest BCUT2D eigenvalue weighted by molar-refractivity contribution is -0.141. The second-order valence-electron chi connectivity index (χ2n) is 6.02. The Morgan fingerprint density at radius 1 is 1.29 bits per heavy atom. The lowest BCUT2D eigenvalue weighted by Crippen LogP contribution is -2.38. The van der Waals surface area contributed by atoms with Crippen LogP contribution in [0.4, 0.5) is 19.0 Å². The van der Waals surface area contributed by atoms with Gasteiger partial charge in [0.15, 0.2) is 0 Å². The van der Waals surface area contributed by atoms with Crippen molar-refractivity contribution < 1.29 is 23.1 Å². The molecule has 1 N–H and O–H groups in total. The summed E-state index contributed by atoms with van der Waals surface area (Å²) < 4.78 is 38.3. The Hall–Kier alpha value is -1.79. The fourth-order valence-electron chi connectivity index (χ4n) is 2.34. The van der Waals surface area contributed by atoms with E-state index in [1.165, 1.54) is 0 Å². The van der Waals surface area contributed by atoms with Gasteiger partial charge < -0.3 is 10.0 Å². The van der Waals surface area contributed by atoms with Crippen LogP contribution in [-0.4, -0.2) is 29.1 Å². The molecule has 7 heteroatoms. The Morgan fingerprint density at radius 3 is 2.33 bits per heavy atom. The van der Waals surface area contributed by atoms with Crippen molar-refractivity contribution in [3.8, 4) is 0 Å². The van der Waals surface area contributed by atoms with E-state index in [-0.39, 0.29) is 16.8 Å². The third-order valence-electron chi connectivity index (χ3n) is 3.81. The van der Waals surface area contributed by atoms with E-state index in [0.717, 1.165) is 18.9 Å². The van der Waals surface area contributed by atoms with E-state index >= 15 is 0 Å². The summed E-state index contributed by atoms with van der Waals surface area (Å²) in [4.78, 5) is 16.4. The monoisotopic (exact) mass is 302 g/mol. The predicted octanol–water partition coefficient (Wildman–Crippen LogP) is 3.43. The Bertz CT molecular complexity index is 546. The molecule has 0 unspecified atom stereocenters. The molecule has 0 aromatic carbocycles. The highest BCUT2D eigenvalue weighted by Crippen LogP contribution is 2.35. The summed E-state index contributed by atoms with van der Waals surface area (Å²) in [5, 5.41) is 9.14. The van der Waals surface area contributed by atoms with Gasteiger partial charge in [0.25, 0.3) is 0 Å². The molecule has 0 atom stereocenters. The molecule has 0 amide bonds. The van der Waals surface area contributed by atoms with Crippen LogP contribution in [0.15, 0.2) is 12.1 Å². The molecular weight excluding hydrogens is 285 g/mol. The zero-order chi connectivity index (χ0) is 15.8. The minimum absolute atomic E-state index is 0.0900. The molecule has 0 radical (unpaired) electrons. The van der Waals surface area contributed by atoms with Gasteiger partial charge in [-0.05, 0) is 30.4 Å². The van der Waals surface area contributed by atoms with Crippen LogP contribution in [-0.2, 0) is 6.18 Å². The second kappa shape index (κ2) is 5.20. The van der Waals surface area contributed by atoms with Crippen molar-refractivity contribution in [2.75, 3.05) is 18.0 Å². The Balaban J connectivity index is 2.38. The number of aromatic carboxylic acids is 1. The van der Waals surface area contributed by atoms with E-state index in [1.807, 2.05) is 0 Å². The van der Waals surface area contributed by atoms with Gasteiger partial charge in [0.05, 0.1) is 0 Å². The average Bonchev–Trinajstić information content (AvgIpc) is 2.37. The van der Waals surface area contributed by atoms with Crippen molar-refractivity contribution in [1.29, 1.82) is 0 Å². The summed E-state index contributed by atoms with van der Waals surface area (Å²) in [7, 11) is 0. The third kappa shape index (κ3) is 3.46. The number of hydrogen-bond donors (Lipinski definition) is 1. The maximum absolute atomic E-state index is 12.8. The molecule has 116 valence electrons. The highest BCUT2D eigenvalue weighted by molar-refractivity contribution is 5.93. The van der Waals surface area contributed by atoms with E-state index in [2.05, 4.69) is 18.8 Å². The lowest BCUT2D eigenvalue weighted by Gasteiger charge is -2.38. The van der Waals surface area contributed by atoms with Crippen LogP contribution in [0.5, 0.6) is 0 Å². The molecule has 0 spiro atoms. The first-order valence-electron chi connectivity index (χ1n) is 6.67. The standard InChI is InChI=1S/C14H17F3N2O2/c1-13(2)5-7-19(8-6-13)11-9(12(20)21)3-4-10(18-11)14(15,16)17/h3-4H,5-8H2,1-2H3,(H,20,21). The first-order chi connectivity index (χ1) is 9.60. The number of halogens is 3. The molecule has 1 saturated heterocycles. The molecule has 0 saturated carbocycles. The van der Waals surface area contributed by atoms with E-state index < -0.39 is 17.8 Å². The number of anilines is 1. The van der Waals surface area contributed by atoms with Gasteiger partial charge >= 0.3 is 12.1 Å². The summed E-state index contributed by atoms with van der Waals surface area (Å²) in [6, 6.07) is 1.69. The smallest absolute Gasteiger partial charge is 0.433 e. The molecule has 2 heterocycles. The van der Waals surface area contributed by atoms with Crippen LogP contribution in [0.2, 0.25) is 0 Å².